The first-order valence-corrected chi connectivity index (χ1v) is 4.45. The van der Waals surface area contributed by atoms with Crippen LogP contribution in [0.3, 0.4) is 0 Å². The van der Waals surface area contributed by atoms with Crippen LogP contribution in [0.15, 0.2) is 18.3 Å². The third kappa shape index (κ3) is 1.61. The second kappa shape index (κ2) is 3.75. The molecule has 4 heteroatoms. The molecule has 1 fully saturated rings. The molecule has 1 aromatic heterocycles. The lowest BCUT2D eigenvalue weighted by atomic mass is 10.1. The van der Waals surface area contributed by atoms with Gasteiger partial charge in [-0.05, 0) is 12.1 Å². The molecule has 1 radical (unpaired) electrons. The van der Waals surface area contributed by atoms with Crippen LogP contribution in [0.2, 0.25) is 0 Å². The molecular weight excluding hydrogens is 180 g/mol. The van der Waals surface area contributed by atoms with Gasteiger partial charge in [0.1, 0.15) is 0 Å². The highest BCUT2D eigenvalue weighted by Gasteiger charge is 2.30. The van der Waals surface area contributed by atoms with Gasteiger partial charge in [0, 0.05) is 26.4 Å². The Kier molecular flexibility index (Phi) is 2.45. The number of likely N-dealkylation sites (tertiary alicyclic amines) is 1. The highest BCUT2D eigenvalue weighted by Crippen LogP contribution is 2.14. The van der Waals surface area contributed by atoms with Crippen molar-refractivity contribution in [3.8, 4) is 0 Å². The summed E-state index contributed by atoms with van der Waals surface area (Å²) in [6.45, 7) is 1.35. The Morgan fingerprint density at radius 2 is 2.50 bits per heavy atom. The maximum absolute atomic E-state index is 11.7. The Morgan fingerprint density at radius 1 is 1.71 bits per heavy atom. The number of carbonyl (C=O) groups excluding carboxylic acids is 1. The van der Waals surface area contributed by atoms with Crippen molar-refractivity contribution < 1.29 is 9.53 Å². The van der Waals surface area contributed by atoms with E-state index in [0.29, 0.717) is 18.7 Å². The fourth-order valence-electron chi connectivity index (χ4n) is 1.38. The minimum absolute atomic E-state index is 0.0137. The predicted octanol–water partition coefficient (Wildman–Crippen LogP) is 0.353. The monoisotopic (exact) mass is 191 g/mol. The molecule has 0 atom stereocenters. The fourth-order valence-corrected chi connectivity index (χ4v) is 1.38. The molecular formula is C10H11N2O2. The van der Waals surface area contributed by atoms with Crippen molar-refractivity contribution in [3.63, 3.8) is 0 Å². The van der Waals surface area contributed by atoms with Gasteiger partial charge in [0.25, 0.3) is 5.91 Å². The first-order valence-electron chi connectivity index (χ1n) is 4.45. The summed E-state index contributed by atoms with van der Waals surface area (Å²) in [4.78, 5) is 17.2. The van der Waals surface area contributed by atoms with Crippen LogP contribution in [-0.2, 0) is 4.74 Å². The molecule has 0 spiro atoms. The number of carbonyl (C=O) groups is 1. The van der Waals surface area contributed by atoms with Crippen molar-refractivity contribution in [2.24, 2.45) is 0 Å². The first-order chi connectivity index (χ1) is 6.81. The summed E-state index contributed by atoms with van der Waals surface area (Å²) in [5.74, 6) is 0.0137. The molecule has 0 bridgehead atoms. The van der Waals surface area contributed by atoms with Gasteiger partial charge in [-0.1, -0.05) is 0 Å². The van der Waals surface area contributed by atoms with Crippen LogP contribution in [0.4, 0.5) is 0 Å². The van der Waals surface area contributed by atoms with Gasteiger partial charge in [-0.2, -0.15) is 0 Å². The Labute approximate surface area is 82.5 Å². The summed E-state index contributed by atoms with van der Waals surface area (Å²) in [5, 5.41) is 0. The molecule has 1 aromatic rings. The average Bonchev–Trinajstić information content (AvgIpc) is 2.17. The van der Waals surface area contributed by atoms with Gasteiger partial charge in [-0.25, -0.2) is 0 Å². The standard InChI is InChI=1S/C10H11N2O2/c1-14-9-6-12(7-9)10(13)8-3-2-4-11-5-8/h2-3,5,9H,6-7H2,1H3. The quantitative estimate of drug-likeness (QED) is 0.677. The minimum atomic E-state index is 0.0137. The molecule has 1 aliphatic heterocycles. The minimum Gasteiger partial charge on any atom is -0.378 e. The number of rotatable bonds is 2. The topological polar surface area (TPSA) is 42.4 Å². The maximum Gasteiger partial charge on any atom is 0.255 e. The van der Waals surface area contributed by atoms with Gasteiger partial charge >= 0.3 is 0 Å². The van der Waals surface area contributed by atoms with E-state index in [1.54, 1.807) is 24.1 Å². The Balaban J connectivity index is 1.98. The van der Waals surface area contributed by atoms with Crippen molar-refractivity contribution in [1.82, 2.24) is 9.88 Å². The Morgan fingerprint density at radius 3 is 3.07 bits per heavy atom. The third-order valence-electron chi connectivity index (χ3n) is 2.33. The lowest BCUT2D eigenvalue weighted by Crippen LogP contribution is -2.54. The van der Waals surface area contributed by atoms with Crippen LogP contribution in [0.1, 0.15) is 10.4 Å². The predicted molar refractivity (Wildman–Crippen MR) is 49.8 cm³/mol. The van der Waals surface area contributed by atoms with Gasteiger partial charge in [0.2, 0.25) is 0 Å². The Hall–Kier alpha value is -1.42. The van der Waals surface area contributed by atoms with E-state index in [9.17, 15) is 4.79 Å². The molecule has 0 N–H and O–H groups in total. The second-order valence-corrected chi connectivity index (χ2v) is 3.24. The van der Waals surface area contributed by atoms with Crippen LogP contribution in [0.25, 0.3) is 0 Å². The molecule has 0 unspecified atom stereocenters. The van der Waals surface area contributed by atoms with Crippen LogP contribution < -0.4 is 0 Å². The van der Waals surface area contributed by atoms with E-state index < -0.39 is 0 Å². The summed E-state index contributed by atoms with van der Waals surface area (Å²) < 4.78 is 5.09. The first kappa shape index (κ1) is 9.15. The number of pyridine rings is 1. The summed E-state index contributed by atoms with van der Waals surface area (Å²) in [5.41, 5.74) is 0.610. The van der Waals surface area contributed by atoms with E-state index in [1.807, 2.05) is 0 Å². The average molecular weight is 191 g/mol. The van der Waals surface area contributed by atoms with E-state index in [1.165, 1.54) is 6.20 Å². The Bertz CT molecular complexity index is 320. The van der Waals surface area contributed by atoms with Crippen molar-refractivity contribution in [2.45, 2.75) is 6.10 Å². The van der Waals surface area contributed by atoms with Crippen molar-refractivity contribution in [1.29, 1.82) is 0 Å². The molecule has 2 rings (SSSR count). The number of hydrogen-bond donors (Lipinski definition) is 0. The maximum atomic E-state index is 11.7. The van der Waals surface area contributed by atoms with Gasteiger partial charge in [-0.3, -0.25) is 9.78 Å². The smallest absolute Gasteiger partial charge is 0.255 e. The molecule has 0 saturated carbocycles. The van der Waals surface area contributed by atoms with Crippen LogP contribution >= 0.6 is 0 Å². The van der Waals surface area contributed by atoms with Crippen LogP contribution in [-0.4, -0.2) is 42.1 Å². The summed E-state index contributed by atoms with van der Waals surface area (Å²) >= 11 is 0. The lowest BCUT2D eigenvalue weighted by Gasteiger charge is -2.38. The zero-order valence-corrected chi connectivity index (χ0v) is 7.93. The normalized spacial score (nSPS) is 16.5. The molecule has 2 heterocycles. The molecule has 4 nitrogen and oxygen atoms in total. The van der Waals surface area contributed by atoms with Gasteiger partial charge in [0.05, 0.1) is 17.9 Å². The molecule has 1 saturated heterocycles. The highest BCUT2D eigenvalue weighted by molar-refractivity contribution is 5.94. The lowest BCUT2D eigenvalue weighted by molar-refractivity contribution is -0.0192. The zero-order chi connectivity index (χ0) is 9.97. The fraction of sp³-hybridized carbons (Fsp3) is 0.400. The van der Waals surface area contributed by atoms with Crippen LogP contribution in [0, 0.1) is 6.20 Å². The van der Waals surface area contributed by atoms with E-state index in [4.69, 9.17) is 4.74 Å². The number of amides is 1. The van der Waals surface area contributed by atoms with Gasteiger partial charge in [0.15, 0.2) is 0 Å². The number of nitrogens with zero attached hydrogens (tertiary/aromatic N) is 2. The third-order valence-corrected chi connectivity index (χ3v) is 2.33. The van der Waals surface area contributed by atoms with Crippen LogP contribution in [0.5, 0.6) is 0 Å². The second-order valence-electron chi connectivity index (χ2n) is 3.24. The zero-order valence-electron chi connectivity index (χ0n) is 7.93. The van der Waals surface area contributed by atoms with E-state index >= 15 is 0 Å². The molecule has 73 valence electrons. The number of aromatic nitrogens is 1. The number of hydrogen-bond acceptors (Lipinski definition) is 3. The molecule has 0 aliphatic carbocycles. The van der Waals surface area contributed by atoms with Crippen molar-refractivity contribution >= 4 is 5.91 Å². The number of ether oxygens (including phenoxy) is 1. The van der Waals surface area contributed by atoms with E-state index in [0.717, 1.165) is 0 Å². The SMILES string of the molecule is COC1CN(C(=O)c2cc[c]nc2)C1. The van der Waals surface area contributed by atoms with E-state index in [-0.39, 0.29) is 12.0 Å². The van der Waals surface area contributed by atoms with Gasteiger partial charge < -0.3 is 9.64 Å². The summed E-state index contributed by atoms with van der Waals surface area (Å²) in [6, 6.07) is 3.36. The molecule has 0 aromatic carbocycles. The number of methoxy groups -OCH3 is 1. The highest BCUT2D eigenvalue weighted by atomic mass is 16.5. The molecule has 1 aliphatic rings. The molecule has 14 heavy (non-hydrogen) atoms. The summed E-state index contributed by atoms with van der Waals surface area (Å²) in [6.07, 6.45) is 4.36. The largest absolute Gasteiger partial charge is 0.378 e. The van der Waals surface area contributed by atoms with E-state index in [2.05, 4.69) is 11.2 Å². The van der Waals surface area contributed by atoms with Crippen molar-refractivity contribution in [2.75, 3.05) is 20.2 Å². The van der Waals surface area contributed by atoms with Crippen molar-refractivity contribution in [3.05, 3.63) is 30.1 Å². The summed E-state index contributed by atoms with van der Waals surface area (Å²) in [7, 11) is 1.66. The molecule has 1 amide bonds. The van der Waals surface area contributed by atoms with Gasteiger partial charge in [-0.15, -0.1) is 0 Å².